The molecule has 2 aromatic rings. The Balaban J connectivity index is 1.86. The van der Waals surface area contributed by atoms with E-state index in [0.717, 1.165) is 35.7 Å². The molecule has 2 atom stereocenters. The predicted octanol–water partition coefficient (Wildman–Crippen LogP) is 2.64. The first kappa shape index (κ1) is 17.7. The zero-order chi connectivity index (χ0) is 17.6. The molecular weight excluding hydrogens is 318 g/mol. The lowest BCUT2D eigenvalue weighted by Crippen LogP contribution is -2.46. The van der Waals surface area contributed by atoms with Crippen molar-refractivity contribution in [2.24, 2.45) is 0 Å². The zero-order valence-electron chi connectivity index (χ0n) is 14.7. The van der Waals surface area contributed by atoms with Gasteiger partial charge in [0.15, 0.2) is 11.5 Å². The lowest BCUT2D eigenvalue weighted by molar-refractivity contribution is -0.0960. The molecule has 134 valence electrons. The van der Waals surface area contributed by atoms with Crippen LogP contribution in [-0.2, 0) is 11.3 Å². The van der Waals surface area contributed by atoms with Gasteiger partial charge in [0, 0.05) is 13.1 Å². The first-order valence-corrected chi connectivity index (χ1v) is 8.49. The standard InChI is InChI=1S/C20H25NO4/c1-23-17-9-8-15(12-18(17)24-2)13-21-10-11-25-19(14-22)20(21)16-6-4-3-5-7-16/h3-9,12,19-20,22H,10-11,13-14H2,1-2H3/t19-,20-/m1/s1. The Bertz CT molecular complexity index is 677. The highest BCUT2D eigenvalue weighted by molar-refractivity contribution is 5.43. The van der Waals surface area contributed by atoms with E-state index >= 15 is 0 Å². The van der Waals surface area contributed by atoms with Crippen LogP contribution in [0.3, 0.4) is 0 Å². The van der Waals surface area contributed by atoms with Crippen molar-refractivity contribution in [3.8, 4) is 11.5 Å². The van der Waals surface area contributed by atoms with Gasteiger partial charge in [-0.05, 0) is 23.3 Å². The molecule has 25 heavy (non-hydrogen) atoms. The van der Waals surface area contributed by atoms with Gasteiger partial charge in [-0.25, -0.2) is 0 Å². The lowest BCUT2D eigenvalue weighted by atomic mass is 9.97. The minimum atomic E-state index is -0.226. The maximum Gasteiger partial charge on any atom is 0.161 e. The average Bonchev–Trinajstić information content (AvgIpc) is 2.68. The second-order valence-corrected chi connectivity index (χ2v) is 6.11. The topological polar surface area (TPSA) is 51.2 Å². The summed E-state index contributed by atoms with van der Waals surface area (Å²) in [6, 6.07) is 16.2. The Morgan fingerprint density at radius 3 is 2.52 bits per heavy atom. The van der Waals surface area contributed by atoms with Gasteiger partial charge in [-0.3, -0.25) is 4.90 Å². The predicted molar refractivity (Wildman–Crippen MR) is 96.0 cm³/mol. The highest BCUT2D eigenvalue weighted by atomic mass is 16.5. The van der Waals surface area contributed by atoms with Crippen LogP contribution in [0.15, 0.2) is 48.5 Å². The molecule has 1 fully saturated rings. The van der Waals surface area contributed by atoms with Crippen molar-refractivity contribution in [3.63, 3.8) is 0 Å². The molecule has 0 aliphatic carbocycles. The minimum absolute atomic E-state index is 0.00198. The number of aliphatic hydroxyl groups excluding tert-OH is 1. The van der Waals surface area contributed by atoms with E-state index in [2.05, 4.69) is 17.0 Å². The maximum atomic E-state index is 9.77. The van der Waals surface area contributed by atoms with Crippen LogP contribution in [0.1, 0.15) is 17.2 Å². The number of nitrogens with zero attached hydrogens (tertiary/aromatic N) is 1. The smallest absolute Gasteiger partial charge is 0.161 e. The van der Waals surface area contributed by atoms with Crippen molar-refractivity contribution in [2.45, 2.75) is 18.7 Å². The number of aliphatic hydroxyl groups is 1. The third-order valence-corrected chi connectivity index (χ3v) is 4.61. The highest BCUT2D eigenvalue weighted by Crippen LogP contribution is 2.33. The molecule has 1 N–H and O–H groups in total. The molecule has 0 unspecified atom stereocenters. The van der Waals surface area contributed by atoms with Crippen LogP contribution in [0.4, 0.5) is 0 Å². The molecule has 5 heteroatoms. The van der Waals surface area contributed by atoms with Gasteiger partial charge < -0.3 is 19.3 Å². The molecule has 1 saturated heterocycles. The molecular formula is C20H25NO4. The Kier molecular flexibility index (Phi) is 5.91. The molecule has 0 radical (unpaired) electrons. The van der Waals surface area contributed by atoms with Gasteiger partial charge >= 0.3 is 0 Å². The van der Waals surface area contributed by atoms with Gasteiger partial charge in [0.05, 0.1) is 33.5 Å². The SMILES string of the molecule is COc1ccc(CN2CCO[C@H](CO)[C@H]2c2ccccc2)cc1OC. The van der Waals surface area contributed by atoms with Gasteiger partial charge in [0.1, 0.15) is 6.10 Å². The summed E-state index contributed by atoms with van der Waals surface area (Å²) < 4.78 is 16.5. The number of methoxy groups -OCH3 is 2. The van der Waals surface area contributed by atoms with Crippen molar-refractivity contribution in [1.82, 2.24) is 4.90 Å². The summed E-state index contributed by atoms with van der Waals surface area (Å²) in [6.07, 6.45) is -0.226. The summed E-state index contributed by atoms with van der Waals surface area (Å²) in [5.74, 6) is 1.45. The van der Waals surface area contributed by atoms with Crippen molar-refractivity contribution in [3.05, 3.63) is 59.7 Å². The molecule has 1 heterocycles. The third kappa shape index (κ3) is 3.95. The fraction of sp³-hybridized carbons (Fsp3) is 0.400. The molecule has 0 saturated carbocycles. The van der Waals surface area contributed by atoms with Crippen LogP contribution in [0.25, 0.3) is 0 Å². The summed E-state index contributed by atoms with van der Waals surface area (Å²) in [7, 11) is 3.28. The number of rotatable bonds is 6. The highest BCUT2D eigenvalue weighted by Gasteiger charge is 2.33. The van der Waals surface area contributed by atoms with E-state index < -0.39 is 0 Å². The van der Waals surface area contributed by atoms with Gasteiger partial charge in [-0.2, -0.15) is 0 Å². The quantitative estimate of drug-likeness (QED) is 0.874. The van der Waals surface area contributed by atoms with Crippen molar-refractivity contribution < 1.29 is 19.3 Å². The summed E-state index contributed by atoms with van der Waals surface area (Å²) in [6.45, 7) is 2.17. The maximum absolute atomic E-state index is 9.77. The summed E-state index contributed by atoms with van der Waals surface area (Å²) in [5, 5.41) is 9.77. The monoisotopic (exact) mass is 343 g/mol. The molecule has 0 amide bonds. The second kappa shape index (κ2) is 8.34. The Labute approximate surface area is 148 Å². The number of benzene rings is 2. The van der Waals surface area contributed by atoms with Crippen molar-refractivity contribution in [2.75, 3.05) is 34.0 Å². The van der Waals surface area contributed by atoms with Crippen molar-refractivity contribution >= 4 is 0 Å². The van der Waals surface area contributed by atoms with Crippen LogP contribution in [0, 0.1) is 0 Å². The van der Waals surface area contributed by atoms with E-state index in [0.29, 0.717) is 6.61 Å². The fourth-order valence-corrected chi connectivity index (χ4v) is 3.41. The van der Waals surface area contributed by atoms with Gasteiger partial charge in [-0.1, -0.05) is 36.4 Å². The first-order valence-electron chi connectivity index (χ1n) is 8.49. The van der Waals surface area contributed by atoms with Gasteiger partial charge in [0.25, 0.3) is 0 Å². The van der Waals surface area contributed by atoms with E-state index in [1.807, 2.05) is 36.4 Å². The summed E-state index contributed by atoms with van der Waals surface area (Å²) in [4.78, 5) is 2.35. The summed E-state index contributed by atoms with van der Waals surface area (Å²) >= 11 is 0. The average molecular weight is 343 g/mol. The Morgan fingerprint density at radius 2 is 1.84 bits per heavy atom. The lowest BCUT2D eigenvalue weighted by Gasteiger charge is -2.41. The fourth-order valence-electron chi connectivity index (χ4n) is 3.41. The summed E-state index contributed by atoms with van der Waals surface area (Å²) in [5.41, 5.74) is 2.29. The zero-order valence-corrected chi connectivity index (χ0v) is 14.7. The van der Waals surface area contributed by atoms with Crippen molar-refractivity contribution in [1.29, 1.82) is 0 Å². The molecule has 5 nitrogen and oxygen atoms in total. The molecule has 0 bridgehead atoms. The van der Waals surface area contributed by atoms with Crippen LogP contribution in [-0.4, -0.2) is 50.1 Å². The molecule has 1 aliphatic rings. The number of hydrogen-bond acceptors (Lipinski definition) is 5. The molecule has 1 aliphatic heterocycles. The molecule has 0 spiro atoms. The van der Waals surface area contributed by atoms with E-state index in [9.17, 15) is 5.11 Å². The molecule has 0 aromatic heterocycles. The number of morpholine rings is 1. The third-order valence-electron chi connectivity index (χ3n) is 4.61. The van der Waals surface area contributed by atoms with Crippen LogP contribution in [0.5, 0.6) is 11.5 Å². The second-order valence-electron chi connectivity index (χ2n) is 6.11. The van der Waals surface area contributed by atoms with Gasteiger partial charge in [-0.15, -0.1) is 0 Å². The van der Waals surface area contributed by atoms with E-state index in [4.69, 9.17) is 14.2 Å². The van der Waals surface area contributed by atoms with Crippen LogP contribution < -0.4 is 9.47 Å². The van der Waals surface area contributed by atoms with Crippen LogP contribution in [0.2, 0.25) is 0 Å². The van der Waals surface area contributed by atoms with Crippen LogP contribution >= 0.6 is 0 Å². The minimum Gasteiger partial charge on any atom is -0.493 e. The first-order chi connectivity index (χ1) is 12.3. The van der Waals surface area contributed by atoms with E-state index in [1.54, 1.807) is 14.2 Å². The Morgan fingerprint density at radius 1 is 1.08 bits per heavy atom. The van der Waals surface area contributed by atoms with E-state index in [-0.39, 0.29) is 18.8 Å². The normalized spacial score (nSPS) is 21.1. The number of ether oxygens (including phenoxy) is 3. The molecule has 3 rings (SSSR count). The number of hydrogen-bond donors (Lipinski definition) is 1. The molecule has 2 aromatic carbocycles. The largest absolute Gasteiger partial charge is 0.493 e. The van der Waals surface area contributed by atoms with Gasteiger partial charge in [0.2, 0.25) is 0 Å². The van der Waals surface area contributed by atoms with E-state index in [1.165, 1.54) is 0 Å². The Hall–Kier alpha value is -2.08.